The lowest BCUT2D eigenvalue weighted by Crippen LogP contribution is -2.59. The number of hydrogen-bond acceptors (Lipinski definition) is 6. The van der Waals surface area contributed by atoms with Gasteiger partial charge in [-0.2, -0.15) is 5.26 Å². The van der Waals surface area contributed by atoms with Gasteiger partial charge in [0.1, 0.15) is 23.5 Å². The summed E-state index contributed by atoms with van der Waals surface area (Å²) >= 11 is 0. The molecule has 0 aliphatic carbocycles. The molecule has 0 aromatic heterocycles. The Bertz CT molecular complexity index is 1030. The smallest absolute Gasteiger partial charge is 0.283 e. The lowest BCUT2D eigenvalue weighted by atomic mass is 9.66. The molecule has 2 N–H and O–H groups in total. The molecule has 5 rings (SSSR count). The fourth-order valence-electron chi connectivity index (χ4n) is 4.70. The Morgan fingerprint density at radius 2 is 2.07 bits per heavy atom. The number of rotatable bonds is 1. The van der Waals surface area contributed by atoms with E-state index in [1.807, 2.05) is 30.3 Å². The second kappa shape index (κ2) is 5.98. The summed E-state index contributed by atoms with van der Waals surface area (Å²) < 4.78 is 17.9. The fourth-order valence-corrected chi connectivity index (χ4v) is 4.70. The van der Waals surface area contributed by atoms with Gasteiger partial charge in [-0.1, -0.05) is 18.2 Å². The Morgan fingerprint density at radius 3 is 2.86 bits per heavy atom. The van der Waals surface area contributed by atoms with Crippen molar-refractivity contribution in [2.24, 2.45) is 16.6 Å². The minimum Gasteiger partial charge on any atom is -0.487 e. The molecule has 6 nitrogen and oxygen atoms in total. The molecule has 1 fully saturated rings. The van der Waals surface area contributed by atoms with E-state index in [0.717, 1.165) is 28.9 Å². The van der Waals surface area contributed by atoms with E-state index in [4.69, 9.17) is 24.9 Å². The summed E-state index contributed by atoms with van der Waals surface area (Å²) in [5.41, 5.74) is 8.50. The molecule has 3 atom stereocenters. The molecule has 142 valence electrons. The van der Waals surface area contributed by atoms with Gasteiger partial charge in [-0.3, -0.25) is 0 Å². The number of amidine groups is 1. The maximum Gasteiger partial charge on any atom is 0.283 e. The van der Waals surface area contributed by atoms with Crippen LogP contribution in [0.2, 0.25) is 0 Å². The van der Waals surface area contributed by atoms with Crippen LogP contribution in [0.4, 0.5) is 0 Å². The highest BCUT2D eigenvalue weighted by Crippen LogP contribution is 2.54. The first-order chi connectivity index (χ1) is 13.5. The molecular weight excluding hydrogens is 354 g/mol. The summed E-state index contributed by atoms with van der Waals surface area (Å²) in [7, 11) is 0. The van der Waals surface area contributed by atoms with Gasteiger partial charge < -0.3 is 19.9 Å². The van der Waals surface area contributed by atoms with Crippen LogP contribution in [0, 0.1) is 17.2 Å². The van der Waals surface area contributed by atoms with Crippen LogP contribution >= 0.6 is 0 Å². The normalized spacial score (nSPS) is 30.4. The summed E-state index contributed by atoms with van der Waals surface area (Å²) in [5, 5.41) is 9.22. The third-order valence-electron chi connectivity index (χ3n) is 6.20. The first-order valence-electron chi connectivity index (χ1n) is 9.44. The molecular formula is C22H21N3O3. The first-order valence-corrected chi connectivity index (χ1v) is 9.44. The Morgan fingerprint density at radius 1 is 1.21 bits per heavy atom. The van der Waals surface area contributed by atoms with Gasteiger partial charge in [0.2, 0.25) is 0 Å². The summed E-state index contributed by atoms with van der Waals surface area (Å²) in [6.07, 6.45) is 0.792. The maximum absolute atomic E-state index is 9.22. The lowest BCUT2D eigenvalue weighted by molar-refractivity contribution is -0.129. The van der Waals surface area contributed by atoms with Crippen LogP contribution < -0.4 is 10.5 Å². The Balaban J connectivity index is 1.69. The van der Waals surface area contributed by atoms with Crippen LogP contribution in [-0.2, 0) is 15.0 Å². The predicted octanol–water partition coefficient (Wildman–Crippen LogP) is 2.95. The van der Waals surface area contributed by atoms with Gasteiger partial charge in [0.05, 0.1) is 30.8 Å². The molecule has 28 heavy (non-hydrogen) atoms. The van der Waals surface area contributed by atoms with Gasteiger partial charge in [0.15, 0.2) is 0 Å². The third kappa shape index (κ3) is 2.40. The van der Waals surface area contributed by atoms with E-state index in [2.05, 4.69) is 19.1 Å². The number of benzene rings is 2. The Kier molecular flexibility index (Phi) is 3.65. The molecule has 2 aromatic carbocycles. The summed E-state index contributed by atoms with van der Waals surface area (Å²) in [4.78, 5) is 4.78. The predicted molar refractivity (Wildman–Crippen MR) is 104 cm³/mol. The quantitative estimate of drug-likeness (QED) is 0.828. The van der Waals surface area contributed by atoms with Gasteiger partial charge in [-0.05, 0) is 42.3 Å². The Labute approximate surface area is 163 Å². The molecule has 0 amide bonds. The monoisotopic (exact) mass is 375 g/mol. The molecule has 2 aromatic rings. The van der Waals surface area contributed by atoms with Crippen molar-refractivity contribution in [3.8, 4) is 22.9 Å². The van der Waals surface area contributed by atoms with E-state index < -0.39 is 5.54 Å². The SMILES string of the molecule is C[C@@]12CCOC[C@H]1[C@]1(COC(N)=N1)c1cc(-c3cccc(C#N)c3)ccc1O2. The molecule has 0 saturated carbocycles. The van der Waals surface area contributed by atoms with Crippen molar-refractivity contribution in [3.05, 3.63) is 53.6 Å². The van der Waals surface area contributed by atoms with Crippen LogP contribution in [-0.4, -0.2) is 31.4 Å². The zero-order valence-corrected chi connectivity index (χ0v) is 15.6. The summed E-state index contributed by atoms with van der Waals surface area (Å²) in [6.45, 7) is 3.71. The third-order valence-corrected chi connectivity index (χ3v) is 6.20. The van der Waals surface area contributed by atoms with Gasteiger partial charge >= 0.3 is 0 Å². The molecule has 0 radical (unpaired) electrons. The van der Waals surface area contributed by atoms with Crippen molar-refractivity contribution >= 4 is 6.02 Å². The van der Waals surface area contributed by atoms with E-state index in [-0.39, 0.29) is 17.5 Å². The van der Waals surface area contributed by atoms with Gasteiger partial charge in [-0.15, -0.1) is 0 Å². The first kappa shape index (κ1) is 17.1. The van der Waals surface area contributed by atoms with E-state index in [1.54, 1.807) is 6.07 Å². The van der Waals surface area contributed by atoms with E-state index >= 15 is 0 Å². The number of nitrogens with zero attached hydrogens (tertiary/aromatic N) is 2. The van der Waals surface area contributed by atoms with E-state index in [1.165, 1.54) is 0 Å². The van der Waals surface area contributed by atoms with Crippen molar-refractivity contribution < 1.29 is 14.2 Å². The number of nitrogens with two attached hydrogens (primary N) is 1. The van der Waals surface area contributed by atoms with Crippen molar-refractivity contribution in [2.45, 2.75) is 24.5 Å². The minimum atomic E-state index is -0.629. The van der Waals surface area contributed by atoms with Crippen LogP contribution in [0.25, 0.3) is 11.1 Å². The molecule has 1 saturated heterocycles. The highest BCUT2D eigenvalue weighted by atomic mass is 16.5. The standard InChI is InChI=1S/C22H21N3O3/c1-21-7-8-26-12-19(21)22(13-27-20(24)25-22)17-10-16(5-6-18(17)28-21)15-4-2-3-14(9-15)11-23/h2-6,9-10,19H,7-8,12-13H2,1H3,(H2,24,25)/t19-,21-,22+/m1/s1. The van der Waals surface area contributed by atoms with Crippen molar-refractivity contribution in [1.29, 1.82) is 5.26 Å². The lowest BCUT2D eigenvalue weighted by Gasteiger charge is -2.52. The molecule has 3 heterocycles. The van der Waals surface area contributed by atoms with Crippen LogP contribution in [0.1, 0.15) is 24.5 Å². The number of hydrogen-bond donors (Lipinski definition) is 1. The molecule has 3 aliphatic heterocycles. The van der Waals surface area contributed by atoms with Gasteiger partial charge in [0, 0.05) is 12.0 Å². The van der Waals surface area contributed by atoms with Crippen molar-refractivity contribution in [3.63, 3.8) is 0 Å². The number of aliphatic imine (C=N–C) groups is 1. The highest BCUT2D eigenvalue weighted by molar-refractivity contribution is 5.76. The molecule has 3 aliphatic rings. The Hall–Kier alpha value is -3.04. The second-order valence-corrected chi connectivity index (χ2v) is 7.86. The van der Waals surface area contributed by atoms with Crippen molar-refractivity contribution in [1.82, 2.24) is 0 Å². The minimum absolute atomic E-state index is 0.00277. The summed E-state index contributed by atoms with van der Waals surface area (Å²) in [6, 6.07) is 16.1. The maximum atomic E-state index is 9.22. The largest absolute Gasteiger partial charge is 0.487 e. The van der Waals surface area contributed by atoms with Crippen LogP contribution in [0.15, 0.2) is 47.5 Å². The zero-order chi connectivity index (χ0) is 19.4. The number of nitriles is 1. The second-order valence-electron chi connectivity index (χ2n) is 7.86. The molecule has 0 bridgehead atoms. The zero-order valence-electron chi connectivity index (χ0n) is 15.6. The van der Waals surface area contributed by atoms with Crippen LogP contribution in [0.5, 0.6) is 5.75 Å². The topological polar surface area (TPSA) is 89.9 Å². The van der Waals surface area contributed by atoms with Gasteiger partial charge in [0.25, 0.3) is 6.02 Å². The fraction of sp³-hybridized carbons (Fsp3) is 0.364. The highest BCUT2D eigenvalue weighted by Gasteiger charge is 2.59. The number of ether oxygens (including phenoxy) is 3. The molecule has 1 spiro atoms. The molecule has 0 unspecified atom stereocenters. The van der Waals surface area contributed by atoms with Crippen LogP contribution in [0.3, 0.4) is 0 Å². The average molecular weight is 375 g/mol. The van der Waals surface area contributed by atoms with Crippen molar-refractivity contribution in [2.75, 3.05) is 19.8 Å². The van der Waals surface area contributed by atoms with Gasteiger partial charge in [-0.25, -0.2) is 4.99 Å². The number of fused-ring (bicyclic) bond motifs is 4. The summed E-state index contributed by atoms with van der Waals surface area (Å²) in [5.74, 6) is 0.811. The van der Waals surface area contributed by atoms with E-state index in [9.17, 15) is 5.26 Å². The van der Waals surface area contributed by atoms with E-state index in [0.29, 0.717) is 25.4 Å². The molecule has 6 heteroatoms. The average Bonchev–Trinajstić information content (AvgIpc) is 3.10.